The monoisotopic (exact) mass is 188 g/mol. The third kappa shape index (κ3) is 3.22. The van der Waals surface area contributed by atoms with E-state index in [2.05, 4.69) is 0 Å². The molecule has 4 nitrogen and oxygen atoms in total. The summed E-state index contributed by atoms with van der Waals surface area (Å²) in [6.45, 7) is 9.00. The van der Waals surface area contributed by atoms with E-state index in [1.165, 1.54) is 0 Å². The Morgan fingerprint density at radius 1 is 1.46 bits per heavy atom. The number of carbonyl (C=O) groups excluding carboxylic acids is 1. The average Bonchev–Trinajstić information content (AvgIpc) is 2.05. The second-order valence-electron chi connectivity index (χ2n) is 3.46. The van der Waals surface area contributed by atoms with Crippen LogP contribution < -0.4 is 5.73 Å². The zero-order valence-electron chi connectivity index (χ0n) is 8.96. The summed E-state index contributed by atoms with van der Waals surface area (Å²) < 4.78 is 4.91. The van der Waals surface area contributed by atoms with E-state index < -0.39 is 0 Å². The van der Waals surface area contributed by atoms with E-state index in [1.807, 2.05) is 20.8 Å². The molecule has 0 spiro atoms. The molecule has 0 heterocycles. The zero-order valence-corrected chi connectivity index (χ0v) is 8.96. The molecule has 0 aromatic carbocycles. The van der Waals surface area contributed by atoms with Crippen molar-refractivity contribution in [1.82, 2.24) is 4.90 Å². The van der Waals surface area contributed by atoms with Gasteiger partial charge in [-0.3, -0.25) is 0 Å². The molecule has 0 aromatic rings. The van der Waals surface area contributed by atoms with Crippen molar-refractivity contribution in [3.8, 4) is 0 Å². The van der Waals surface area contributed by atoms with Gasteiger partial charge in [0.2, 0.25) is 0 Å². The van der Waals surface area contributed by atoms with Gasteiger partial charge in [0.15, 0.2) is 0 Å². The van der Waals surface area contributed by atoms with Crippen LogP contribution >= 0.6 is 0 Å². The summed E-state index contributed by atoms with van der Waals surface area (Å²) in [4.78, 5) is 13.1. The molecule has 0 unspecified atom stereocenters. The van der Waals surface area contributed by atoms with Gasteiger partial charge in [0.05, 0.1) is 12.1 Å². The van der Waals surface area contributed by atoms with E-state index in [0.29, 0.717) is 19.7 Å². The number of amides is 1. The van der Waals surface area contributed by atoms with Crippen LogP contribution in [0.2, 0.25) is 0 Å². The van der Waals surface area contributed by atoms with Crippen molar-refractivity contribution >= 4 is 6.09 Å². The zero-order chi connectivity index (χ0) is 10.5. The second kappa shape index (κ2) is 5.07. The molecule has 1 amide bonds. The Labute approximate surface area is 80.0 Å². The van der Waals surface area contributed by atoms with Crippen LogP contribution in [0.15, 0.2) is 0 Å². The first-order chi connectivity index (χ1) is 5.99. The molecule has 78 valence electrons. The number of ether oxygens (including phenoxy) is 1. The van der Waals surface area contributed by atoms with Gasteiger partial charge in [0, 0.05) is 13.1 Å². The largest absolute Gasteiger partial charge is 0.450 e. The predicted molar refractivity (Wildman–Crippen MR) is 52.5 cm³/mol. The fraction of sp³-hybridized carbons (Fsp3) is 0.889. The minimum absolute atomic E-state index is 0.291. The Balaban J connectivity index is 4.40. The molecule has 0 aliphatic heterocycles. The maximum atomic E-state index is 11.4. The van der Waals surface area contributed by atoms with Crippen molar-refractivity contribution in [1.29, 1.82) is 0 Å². The summed E-state index contributed by atoms with van der Waals surface area (Å²) in [7, 11) is 0. The minimum atomic E-state index is -0.332. The molecule has 2 N–H and O–H groups in total. The third-order valence-corrected chi connectivity index (χ3v) is 2.03. The Morgan fingerprint density at radius 3 is 2.31 bits per heavy atom. The molecular weight excluding hydrogens is 168 g/mol. The van der Waals surface area contributed by atoms with Crippen LogP contribution in [0.1, 0.15) is 27.7 Å². The lowest BCUT2D eigenvalue weighted by Crippen LogP contribution is -2.52. The first-order valence-corrected chi connectivity index (χ1v) is 4.64. The van der Waals surface area contributed by atoms with Crippen LogP contribution in [0.4, 0.5) is 4.79 Å². The molecule has 0 aliphatic rings. The fourth-order valence-corrected chi connectivity index (χ4v) is 1.12. The minimum Gasteiger partial charge on any atom is -0.450 e. The average molecular weight is 188 g/mol. The van der Waals surface area contributed by atoms with Crippen LogP contribution in [0.3, 0.4) is 0 Å². The van der Waals surface area contributed by atoms with Crippen LogP contribution in [-0.2, 0) is 4.74 Å². The summed E-state index contributed by atoms with van der Waals surface area (Å²) in [6, 6.07) is 0. The highest BCUT2D eigenvalue weighted by Crippen LogP contribution is 2.13. The van der Waals surface area contributed by atoms with Crippen molar-refractivity contribution in [2.45, 2.75) is 33.2 Å². The predicted octanol–water partition coefficient (Wildman–Crippen LogP) is 1.20. The van der Waals surface area contributed by atoms with E-state index in [9.17, 15) is 4.79 Å². The number of nitrogens with two attached hydrogens (primary N) is 1. The van der Waals surface area contributed by atoms with Crippen LogP contribution in [0, 0.1) is 0 Å². The van der Waals surface area contributed by atoms with Gasteiger partial charge in [0.25, 0.3) is 0 Å². The van der Waals surface area contributed by atoms with Gasteiger partial charge in [-0.15, -0.1) is 0 Å². The van der Waals surface area contributed by atoms with Gasteiger partial charge in [-0.25, -0.2) is 4.79 Å². The van der Waals surface area contributed by atoms with Crippen molar-refractivity contribution in [3.05, 3.63) is 0 Å². The van der Waals surface area contributed by atoms with Gasteiger partial charge < -0.3 is 15.4 Å². The number of hydrogen-bond donors (Lipinski definition) is 1. The smallest absolute Gasteiger partial charge is 0.410 e. The maximum absolute atomic E-state index is 11.4. The third-order valence-electron chi connectivity index (χ3n) is 2.03. The van der Waals surface area contributed by atoms with Crippen LogP contribution in [-0.4, -0.2) is 36.2 Å². The lowest BCUT2D eigenvalue weighted by molar-refractivity contribution is 0.0709. The van der Waals surface area contributed by atoms with E-state index >= 15 is 0 Å². The standard InChI is InChI=1S/C9H20N2O2/c1-5-11(8(12)13-6-2)9(3,4)7-10/h5-7,10H2,1-4H3. The number of likely N-dealkylation sites (N-methyl/N-ethyl adjacent to an activating group) is 1. The van der Waals surface area contributed by atoms with E-state index in [4.69, 9.17) is 10.5 Å². The van der Waals surface area contributed by atoms with Crippen molar-refractivity contribution in [2.24, 2.45) is 5.73 Å². The topological polar surface area (TPSA) is 55.6 Å². The number of carbonyl (C=O) groups is 1. The second-order valence-corrected chi connectivity index (χ2v) is 3.46. The molecule has 13 heavy (non-hydrogen) atoms. The number of hydrogen-bond acceptors (Lipinski definition) is 3. The Bertz CT molecular complexity index is 169. The SMILES string of the molecule is CCOC(=O)N(CC)C(C)(C)CN. The summed E-state index contributed by atoms with van der Waals surface area (Å²) in [5.74, 6) is 0. The number of nitrogens with zero attached hydrogens (tertiary/aromatic N) is 1. The fourth-order valence-electron chi connectivity index (χ4n) is 1.12. The maximum Gasteiger partial charge on any atom is 0.410 e. The molecule has 0 rings (SSSR count). The molecule has 0 radical (unpaired) electrons. The van der Waals surface area contributed by atoms with Crippen molar-refractivity contribution in [3.63, 3.8) is 0 Å². The van der Waals surface area contributed by atoms with Gasteiger partial charge in [-0.05, 0) is 27.7 Å². The molecule has 0 aromatic heterocycles. The molecule has 0 saturated heterocycles. The molecule has 0 aliphatic carbocycles. The summed E-state index contributed by atoms with van der Waals surface area (Å²) in [5, 5.41) is 0. The van der Waals surface area contributed by atoms with Gasteiger partial charge in [0.1, 0.15) is 0 Å². The van der Waals surface area contributed by atoms with E-state index in [-0.39, 0.29) is 11.6 Å². The normalized spacial score (nSPS) is 11.2. The molecule has 0 bridgehead atoms. The Kier molecular flexibility index (Phi) is 4.77. The van der Waals surface area contributed by atoms with E-state index in [1.54, 1.807) is 11.8 Å². The summed E-state index contributed by atoms with van der Waals surface area (Å²) >= 11 is 0. The van der Waals surface area contributed by atoms with Crippen molar-refractivity contribution in [2.75, 3.05) is 19.7 Å². The Hall–Kier alpha value is -0.770. The highest BCUT2D eigenvalue weighted by Gasteiger charge is 2.28. The highest BCUT2D eigenvalue weighted by molar-refractivity contribution is 5.68. The highest BCUT2D eigenvalue weighted by atomic mass is 16.6. The van der Waals surface area contributed by atoms with Crippen LogP contribution in [0.25, 0.3) is 0 Å². The molecule has 0 atom stereocenters. The lowest BCUT2D eigenvalue weighted by Gasteiger charge is -2.35. The van der Waals surface area contributed by atoms with Gasteiger partial charge >= 0.3 is 6.09 Å². The summed E-state index contributed by atoms with van der Waals surface area (Å²) in [5.41, 5.74) is 5.23. The Morgan fingerprint density at radius 2 is 2.00 bits per heavy atom. The summed E-state index contributed by atoms with van der Waals surface area (Å²) in [6.07, 6.45) is -0.291. The van der Waals surface area contributed by atoms with Crippen LogP contribution in [0.5, 0.6) is 0 Å². The molecule has 0 fully saturated rings. The van der Waals surface area contributed by atoms with Gasteiger partial charge in [-0.1, -0.05) is 0 Å². The molecular formula is C9H20N2O2. The van der Waals surface area contributed by atoms with Gasteiger partial charge in [-0.2, -0.15) is 0 Å². The molecule has 4 heteroatoms. The van der Waals surface area contributed by atoms with Crippen molar-refractivity contribution < 1.29 is 9.53 Å². The van der Waals surface area contributed by atoms with E-state index in [0.717, 1.165) is 0 Å². The first kappa shape index (κ1) is 12.2. The lowest BCUT2D eigenvalue weighted by atomic mass is 10.0. The number of rotatable bonds is 4. The quantitative estimate of drug-likeness (QED) is 0.721. The first-order valence-electron chi connectivity index (χ1n) is 4.64. The molecule has 0 saturated carbocycles.